The Morgan fingerprint density at radius 3 is 0.912 bits per heavy atom. The van der Waals surface area contributed by atoms with Gasteiger partial charge in [-0.2, -0.15) is 0 Å². The van der Waals surface area contributed by atoms with Gasteiger partial charge in [-0.1, -0.05) is 248 Å². The fraction of sp³-hybridized carbons (Fsp3) is 0.758. The lowest BCUT2D eigenvalue weighted by Crippen LogP contribution is -2.30. The largest absolute Gasteiger partial charge is 0.462 e. The van der Waals surface area contributed by atoms with E-state index in [2.05, 4.69) is 93.7 Å². The Bertz CT molecular complexity index is 1270. The van der Waals surface area contributed by atoms with Crippen molar-refractivity contribution in [2.75, 3.05) is 13.2 Å². The summed E-state index contributed by atoms with van der Waals surface area (Å²) in [4.78, 5) is 37.9. The molecule has 0 aromatic heterocycles. The Kier molecular flexibility index (Phi) is 53.8. The molecule has 0 aromatic carbocycles. The van der Waals surface area contributed by atoms with Gasteiger partial charge in [0.05, 0.1) is 0 Å². The molecule has 0 amide bonds. The number of rotatable bonds is 52. The maximum atomic E-state index is 12.8. The first-order valence-corrected chi connectivity index (χ1v) is 28.9. The molecule has 0 heterocycles. The smallest absolute Gasteiger partial charge is 0.306 e. The number of carbonyl (C=O) groups is 3. The summed E-state index contributed by atoms with van der Waals surface area (Å²) in [5.74, 6) is -0.886. The summed E-state index contributed by atoms with van der Waals surface area (Å²) in [6.45, 7) is 6.48. The zero-order valence-electron chi connectivity index (χ0n) is 44.9. The van der Waals surface area contributed by atoms with Crippen molar-refractivity contribution in [2.24, 2.45) is 0 Å². The molecule has 0 aliphatic rings. The fourth-order valence-electron chi connectivity index (χ4n) is 8.11. The van der Waals surface area contributed by atoms with E-state index in [4.69, 9.17) is 14.2 Å². The summed E-state index contributed by atoms with van der Waals surface area (Å²) >= 11 is 0. The number of ether oxygens (including phenoxy) is 3. The third-order valence-corrected chi connectivity index (χ3v) is 12.4. The maximum Gasteiger partial charge on any atom is 0.306 e. The predicted molar refractivity (Wildman–Crippen MR) is 293 cm³/mol. The zero-order chi connectivity index (χ0) is 49.3. The van der Waals surface area contributed by atoms with Crippen molar-refractivity contribution in [3.05, 3.63) is 72.9 Å². The van der Waals surface area contributed by atoms with E-state index in [1.807, 2.05) is 0 Å². The average molecular weight is 950 g/mol. The Morgan fingerprint density at radius 2 is 0.574 bits per heavy atom. The summed E-state index contributed by atoms with van der Waals surface area (Å²) in [5, 5.41) is 0. The van der Waals surface area contributed by atoms with Crippen LogP contribution < -0.4 is 0 Å². The van der Waals surface area contributed by atoms with Crippen LogP contribution >= 0.6 is 0 Å². The van der Waals surface area contributed by atoms with Crippen molar-refractivity contribution in [3.8, 4) is 0 Å². The lowest BCUT2D eigenvalue weighted by molar-refractivity contribution is -0.167. The number of carbonyl (C=O) groups excluding carboxylic acids is 3. The third-order valence-electron chi connectivity index (χ3n) is 12.4. The Balaban J connectivity index is 4.09. The summed E-state index contributed by atoms with van der Waals surface area (Å²) in [6, 6.07) is 0. The lowest BCUT2D eigenvalue weighted by atomic mass is 10.0. The van der Waals surface area contributed by atoms with Gasteiger partial charge in [0.2, 0.25) is 0 Å². The van der Waals surface area contributed by atoms with Crippen LogP contribution in [0.15, 0.2) is 72.9 Å². The fourth-order valence-corrected chi connectivity index (χ4v) is 8.11. The van der Waals surface area contributed by atoms with Gasteiger partial charge in [0.15, 0.2) is 6.10 Å². The molecule has 6 heteroatoms. The van der Waals surface area contributed by atoms with Crippen LogP contribution in [0.1, 0.15) is 284 Å². The standard InChI is InChI=1S/C62H108O6/c1-4-7-10-13-16-18-20-22-24-25-26-27-28-29-30-31-32-33-34-35-36-37-38-40-41-43-46-49-52-55-61(64)67-58-59(57-66-60(63)54-51-48-45-15-12-9-6-3)68-62(65)56-53-50-47-44-42-39-23-21-19-17-14-11-8-5-2/h7,10,16,18,21-24,26-27,29-30,59H,4-6,8-9,11-15,17,19-20,25,28,31-58H2,1-3H3/b10-7-,18-16-,23-21-,24-22-,27-26-,30-29-. The van der Waals surface area contributed by atoms with Crippen LogP contribution in [0, 0.1) is 0 Å². The van der Waals surface area contributed by atoms with Gasteiger partial charge in [0.1, 0.15) is 13.2 Å². The highest BCUT2D eigenvalue weighted by Gasteiger charge is 2.19. The summed E-state index contributed by atoms with van der Waals surface area (Å²) in [7, 11) is 0. The van der Waals surface area contributed by atoms with E-state index in [1.165, 1.54) is 141 Å². The summed E-state index contributed by atoms with van der Waals surface area (Å²) in [6.07, 6.45) is 72.1. The molecule has 0 N–H and O–H groups in total. The van der Waals surface area contributed by atoms with Gasteiger partial charge >= 0.3 is 17.9 Å². The Hall–Kier alpha value is -3.15. The summed E-state index contributed by atoms with van der Waals surface area (Å²) in [5.41, 5.74) is 0. The predicted octanol–water partition coefficient (Wildman–Crippen LogP) is 19.4. The molecular formula is C62H108O6. The molecular weight excluding hydrogens is 841 g/mol. The molecule has 0 bridgehead atoms. The van der Waals surface area contributed by atoms with Crippen molar-refractivity contribution >= 4 is 17.9 Å². The normalized spacial score (nSPS) is 12.6. The van der Waals surface area contributed by atoms with Gasteiger partial charge in [-0.15, -0.1) is 0 Å². The summed E-state index contributed by atoms with van der Waals surface area (Å²) < 4.78 is 16.8. The van der Waals surface area contributed by atoms with E-state index in [0.29, 0.717) is 19.3 Å². The Labute approximate surface area is 421 Å². The van der Waals surface area contributed by atoms with Crippen LogP contribution in [0.2, 0.25) is 0 Å². The van der Waals surface area contributed by atoms with Crippen LogP contribution in [0.4, 0.5) is 0 Å². The third kappa shape index (κ3) is 53.8. The van der Waals surface area contributed by atoms with Crippen LogP contribution in [0.3, 0.4) is 0 Å². The highest BCUT2D eigenvalue weighted by Crippen LogP contribution is 2.16. The van der Waals surface area contributed by atoms with Gasteiger partial charge < -0.3 is 14.2 Å². The van der Waals surface area contributed by atoms with Crippen molar-refractivity contribution in [1.29, 1.82) is 0 Å². The molecule has 1 unspecified atom stereocenters. The molecule has 0 radical (unpaired) electrons. The van der Waals surface area contributed by atoms with Crippen LogP contribution in [0.5, 0.6) is 0 Å². The number of hydrogen-bond acceptors (Lipinski definition) is 6. The second kappa shape index (κ2) is 56.4. The van der Waals surface area contributed by atoms with E-state index >= 15 is 0 Å². The minimum absolute atomic E-state index is 0.0764. The van der Waals surface area contributed by atoms with Crippen molar-refractivity contribution in [2.45, 2.75) is 290 Å². The highest BCUT2D eigenvalue weighted by molar-refractivity contribution is 5.71. The molecule has 0 aromatic rings. The number of allylic oxidation sites excluding steroid dienone is 12. The van der Waals surface area contributed by atoms with E-state index in [9.17, 15) is 14.4 Å². The quantitative estimate of drug-likeness (QED) is 0.0262. The number of unbranched alkanes of at least 4 members (excludes halogenated alkanes) is 29. The van der Waals surface area contributed by atoms with E-state index in [-0.39, 0.29) is 31.1 Å². The lowest BCUT2D eigenvalue weighted by Gasteiger charge is -2.18. The van der Waals surface area contributed by atoms with E-state index in [0.717, 1.165) is 103 Å². The molecule has 68 heavy (non-hydrogen) atoms. The number of hydrogen-bond donors (Lipinski definition) is 0. The van der Waals surface area contributed by atoms with E-state index < -0.39 is 6.10 Å². The van der Waals surface area contributed by atoms with Crippen LogP contribution in [-0.4, -0.2) is 37.2 Å². The zero-order valence-corrected chi connectivity index (χ0v) is 44.9. The second-order valence-corrected chi connectivity index (χ2v) is 19.2. The van der Waals surface area contributed by atoms with Gasteiger partial charge in [0.25, 0.3) is 0 Å². The monoisotopic (exact) mass is 949 g/mol. The Morgan fingerprint density at radius 1 is 0.309 bits per heavy atom. The first-order valence-electron chi connectivity index (χ1n) is 28.9. The first-order chi connectivity index (χ1) is 33.5. The van der Waals surface area contributed by atoms with Crippen molar-refractivity contribution in [1.82, 2.24) is 0 Å². The minimum atomic E-state index is -0.775. The van der Waals surface area contributed by atoms with Gasteiger partial charge in [-0.25, -0.2) is 0 Å². The number of esters is 3. The molecule has 6 nitrogen and oxygen atoms in total. The molecule has 1 atom stereocenters. The average Bonchev–Trinajstić information content (AvgIpc) is 3.34. The molecule has 0 spiro atoms. The maximum absolute atomic E-state index is 12.8. The molecule has 0 aliphatic heterocycles. The van der Waals surface area contributed by atoms with Gasteiger partial charge in [-0.05, 0) is 89.9 Å². The topological polar surface area (TPSA) is 78.9 Å². The van der Waals surface area contributed by atoms with Crippen LogP contribution in [-0.2, 0) is 28.6 Å². The molecule has 0 rings (SSSR count). The molecule has 392 valence electrons. The molecule has 0 fully saturated rings. The second-order valence-electron chi connectivity index (χ2n) is 19.2. The molecule has 0 saturated carbocycles. The molecule has 0 saturated heterocycles. The van der Waals surface area contributed by atoms with E-state index in [1.54, 1.807) is 0 Å². The van der Waals surface area contributed by atoms with Crippen molar-refractivity contribution < 1.29 is 28.6 Å². The highest BCUT2D eigenvalue weighted by atomic mass is 16.6. The first kappa shape index (κ1) is 64.8. The molecule has 0 aliphatic carbocycles. The van der Waals surface area contributed by atoms with Gasteiger partial charge in [0, 0.05) is 19.3 Å². The minimum Gasteiger partial charge on any atom is -0.462 e. The van der Waals surface area contributed by atoms with Gasteiger partial charge in [-0.3, -0.25) is 14.4 Å². The SMILES string of the molecule is CC/C=C\C/C=C\C/C=C\C/C=C\C/C=C\CCCCCCCCCCCCCCCC(=O)OCC(COC(=O)CCCCCCCCC)OC(=O)CCCCCCC/C=C\CCCCCCC. The van der Waals surface area contributed by atoms with Crippen LogP contribution in [0.25, 0.3) is 0 Å². The van der Waals surface area contributed by atoms with Crippen molar-refractivity contribution in [3.63, 3.8) is 0 Å².